The lowest BCUT2D eigenvalue weighted by atomic mass is 9.89. The van der Waals surface area contributed by atoms with Crippen LogP contribution in [0.3, 0.4) is 0 Å². The van der Waals surface area contributed by atoms with Crippen molar-refractivity contribution in [3.05, 3.63) is 34.3 Å². The molecule has 0 fully saturated rings. The van der Waals surface area contributed by atoms with Gasteiger partial charge in [-0.2, -0.15) is 13.2 Å². The Morgan fingerprint density at radius 1 is 1.37 bits per heavy atom. The maximum absolute atomic E-state index is 13.2. The molecule has 0 saturated carbocycles. The molecule has 1 aromatic carbocycles. The minimum Gasteiger partial charge on any atom is -0.251 e. The zero-order chi connectivity index (χ0) is 14.8. The summed E-state index contributed by atoms with van der Waals surface area (Å²) in [6.07, 6.45) is -4.73. The van der Waals surface area contributed by atoms with E-state index in [2.05, 4.69) is 15.9 Å². The predicted octanol–water partition coefficient (Wildman–Crippen LogP) is 3.89. The van der Waals surface area contributed by atoms with Gasteiger partial charge in [-0.15, -0.1) is 0 Å². The average Bonchev–Trinajstić information content (AvgIpc) is 2.24. The number of halogens is 4. The van der Waals surface area contributed by atoms with Crippen molar-refractivity contribution in [2.75, 3.05) is 0 Å². The van der Waals surface area contributed by atoms with Gasteiger partial charge in [-0.05, 0) is 38.0 Å². The summed E-state index contributed by atoms with van der Waals surface area (Å²) in [5.41, 5.74) is 0.139. The van der Waals surface area contributed by atoms with Crippen LogP contribution in [0, 0.1) is 0 Å². The summed E-state index contributed by atoms with van der Waals surface area (Å²) in [5, 5.41) is 5.27. The van der Waals surface area contributed by atoms with Crippen molar-refractivity contribution in [3.63, 3.8) is 0 Å². The summed E-state index contributed by atoms with van der Waals surface area (Å²) in [7, 11) is -1.82. The zero-order valence-corrected chi connectivity index (χ0v) is 12.9. The summed E-state index contributed by atoms with van der Waals surface area (Å²) < 4.78 is 50.3. The second-order valence-electron chi connectivity index (χ2n) is 4.91. The normalized spacial score (nSPS) is 16.2. The third-order valence-corrected chi connectivity index (χ3v) is 4.64. The predicted molar refractivity (Wildman–Crippen MR) is 74.0 cm³/mol. The molecule has 2 atom stereocenters. The van der Waals surface area contributed by atoms with E-state index >= 15 is 0 Å². The van der Waals surface area contributed by atoms with Gasteiger partial charge in [0.2, 0.25) is 0 Å². The highest BCUT2D eigenvalue weighted by Gasteiger charge is 2.44. The number of nitrogens with two attached hydrogens (primary N) is 1. The number of hydrogen-bond donors (Lipinski definition) is 1. The van der Waals surface area contributed by atoms with Gasteiger partial charge in [-0.1, -0.05) is 28.1 Å². The Labute approximate surface area is 121 Å². The van der Waals surface area contributed by atoms with Crippen molar-refractivity contribution in [2.45, 2.75) is 37.1 Å². The van der Waals surface area contributed by atoms with Crippen LogP contribution >= 0.6 is 15.9 Å². The van der Waals surface area contributed by atoms with Gasteiger partial charge in [-0.25, -0.2) is 4.21 Å². The maximum Gasteiger partial charge on any atom is 0.395 e. The van der Waals surface area contributed by atoms with E-state index in [1.54, 1.807) is 12.1 Å². The van der Waals surface area contributed by atoms with Crippen molar-refractivity contribution in [1.29, 1.82) is 0 Å². The Kier molecular flexibility index (Phi) is 5.20. The fourth-order valence-corrected chi connectivity index (χ4v) is 2.47. The highest BCUT2D eigenvalue weighted by molar-refractivity contribution is 9.10. The lowest BCUT2D eigenvalue weighted by Crippen LogP contribution is -2.37. The highest BCUT2D eigenvalue weighted by Crippen LogP contribution is 2.41. The summed E-state index contributed by atoms with van der Waals surface area (Å²) in [5.74, 6) is -1.69. The van der Waals surface area contributed by atoms with Gasteiger partial charge in [0.25, 0.3) is 0 Å². The van der Waals surface area contributed by atoms with Gasteiger partial charge in [-0.3, -0.25) is 5.14 Å². The molecule has 0 radical (unpaired) electrons. The molecule has 0 amide bonds. The summed E-state index contributed by atoms with van der Waals surface area (Å²) >= 11 is 3.15. The van der Waals surface area contributed by atoms with Crippen LogP contribution in [0.15, 0.2) is 28.7 Å². The van der Waals surface area contributed by atoms with Crippen molar-refractivity contribution >= 4 is 26.9 Å². The smallest absolute Gasteiger partial charge is 0.251 e. The van der Waals surface area contributed by atoms with Crippen molar-refractivity contribution in [2.24, 2.45) is 5.14 Å². The van der Waals surface area contributed by atoms with Crippen LogP contribution < -0.4 is 5.14 Å². The van der Waals surface area contributed by atoms with Gasteiger partial charge >= 0.3 is 6.18 Å². The van der Waals surface area contributed by atoms with Crippen LogP contribution in [0.5, 0.6) is 0 Å². The third-order valence-electron chi connectivity index (χ3n) is 2.89. The van der Waals surface area contributed by atoms with Gasteiger partial charge < -0.3 is 0 Å². The van der Waals surface area contributed by atoms with Crippen molar-refractivity contribution in [1.82, 2.24) is 0 Å². The fourth-order valence-electron chi connectivity index (χ4n) is 1.72. The van der Waals surface area contributed by atoms with Crippen LogP contribution in [0.4, 0.5) is 13.2 Å². The van der Waals surface area contributed by atoms with Crippen molar-refractivity contribution in [3.8, 4) is 0 Å². The molecule has 108 valence electrons. The zero-order valence-electron chi connectivity index (χ0n) is 10.5. The van der Waals surface area contributed by atoms with E-state index in [0.29, 0.717) is 4.47 Å². The minimum absolute atomic E-state index is 0.139. The van der Waals surface area contributed by atoms with Crippen LogP contribution in [-0.4, -0.2) is 15.1 Å². The van der Waals surface area contributed by atoms with E-state index in [0.717, 1.165) is 0 Å². The number of hydrogen-bond acceptors (Lipinski definition) is 1. The molecule has 2 nitrogen and oxygen atoms in total. The quantitative estimate of drug-likeness (QED) is 0.872. The molecule has 1 unspecified atom stereocenters. The molecule has 2 N–H and O–H groups in total. The molecule has 0 aromatic heterocycles. The molecular formula is C12H15BrF3NOS. The van der Waals surface area contributed by atoms with Crippen LogP contribution in [0.1, 0.15) is 31.7 Å². The first-order chi connectivity index (χ1) is 8.54. The lowest BCUT2D eigenvalue weighted by molar-refractivity contribution is -0.153. The summed E-state index contributed by atoms with van der Waals surface area (Å²) in [4.78, 5) is 0. The van der Waals surface area contributed by atoms with E-state index in [-0.39, 0.29) is 12.0 Å². The minimum atomic E-state index is -4.41. The molecule has 19 heavy (non-hydrogen) atoms. The Morgan fingerprint density at radius 3 is 2.37 bits per heavy atom. The first-order valence-electron chi connectivity index (χ1n) is 5.52. The van der Waals surface area contributed by atoms with E-state index in [1.165, 1.54) is 26.0 Å². The fraction of sp³-hybridized carbons (Fsp3) is 0.500. The Bertz CT molecular complexity index is 476. The van der Waals surface area contributed by atoms with E-state index < -0.39 is 27.8 Å². The molecular weight excluding hydrogens is 343 g/mol. The third kappa shape index (κ3) is 4.57. The first-order valence-corrected chi connectivity index (χ1v) is 7.53. The second kappa shape index (κ2) is 5.93. The molecule has 0 spiro atoms. The van der Waals surface area contributed by atoms with E-state index in [1.807, 2.05) is 0 Å². The summed E-state index contributed by atoms with van der Waals surface area (Å²) in [6.45, 7) is 2.94. The van der Waals surface area contributed by atoms with Gasteiger partial charge in [0, 0.05) is 4.47 Å². The van der Waals surface area contributed by atoms with Crippen LogP contribution in [0.2, 0.25) is 0 Å². The monoisotopic (exact) mass is 357 g/mol. The lowest BCUT2D eigenvalue weighted by Gasteiger charge is -2.29. The molecule has 0 heterocycles. The maximum atomic E-state index is 13.2. The van der Waals surface area contributed by atoms with Crippen LogP contribution in [-0.2, 0) is 11.0 Å². The van der Waals surface area contributed by atoms with E-state index in [9.17, 15) is 17.4 Å². The Hall–Kier alpha value is -0.400. The molecule has 1 aromatic rings. The van der Waals surface area contributed by atoms with Crippen molar-refractivity contribution < 1.29 is 17.4 Å². The van der Waals surface area contributed by atoms with Crippen LogP contribution in [0.25, 0.3) is 0 Å². The van der Waals surface area contributed by atoms with Gasteiger partial charge in [0.15, 0.2) is 0 Å². The first kappa shape index (κ1) is 16.7. The number of benzene rings is 1. The SMILES string of the molecule is CC(C)(C[C@@H](c1cccc(Br)c1)C(F)(F)F)S(N)=O. The van der Waals surface area contributed by atoms with Gasteiger partial charge in [0.1, 0.15) is 0 Å². The molecule has 7 heteroatoms. The molecule has 0 saturated heterocycles. The number of rotatable bonds is 4. The number of alkyl halides is 3. The molecule has 0 aliphatic rings. The molecule has 0 aliphatic heterocycles. The highest BCUT2D eigenvalue weighted by atomic mass is 79.9. The van der Waals surface area contributed by atoms with E-state index in [4.69, 9.17) is 5.14 Å². The largest absolute Gasteiger partial charge is 0.395 e. The Balaban J connectivity index is 3.14. The average molecular weight is 358 g/mol. The Morgan fingerprint density at radius 2 is 1.95 bits per heavy atom. The topological polar surface area (TPSA) is 43.1 Å². The van der Waals surface area contributed by atoms with Gasteiger partial charge in [0.05, 0.1) is 21.7 Å². The molecule has 1 rings (SSSR count). The standard InChI is InChI=1S/C12H15BrF3NOS/c1-11(2,19(17)18)7-10(12(14,15)16)8-4-3-5-9(13)6-8/h3-6,10H,7,17H2,1-2H3/t10-,19?/m0/s1. The molecule has 0 bridgehead atoms. The second-order valence-corrected chi connectivity index (χ2v) is 7.53. The molecule has 0 aliphatic carbocycles. The summed E-state index contributed by atoms with van der Waals surface area (Å²) in [6, 6.07) is 6.04.